The lowest BCUT2D eigenvalue weighted by Gasteiger charge is -2.42. The fraction of sp³-hybridized carbons (Fsp3) is 0.611. The second-order valence-corrected chi connectivity index (χ2v) is 6.62. The van der Waals surface area contributed by atoms with E-state index in [-0.39, 0.29) is 5.91 Å². The summed E-state index contributed by atoms with van der Waals surface area (Å²) in [5.41, 5.74) is 7.09. The minimum Gasteiger partial charge on any atom is -0.340 e. The molecular formula is C18H29N3O. The summed E-state index contributed by atoms with van der Waals surface area (Å²) in [4.78, 5) is 16.6. The normalized spacial score (nSPS) is 20.5. The first kappa shape index (κ1) is 17.0. The first-order valence-corrected chi connectivity index (χ1v) is 8.33. The fourth-order valence-corrected chi connectivity index (χ4v) is 3.24. The van der Waals surface area contributed by atoms with Crippen molar-refractivity contribution >= 4 is 5.91 Å². The zero-order chi connectivity index (χ0) is 16.1. The molecule has 0 aromatic heterocycles. The second-order valence-electron chi connectivity index (χ2n) is 6.62. The smallest absolute Gasteiger partial charge is 0.239 e. The van der Waals surface area contributed by atoms with Crippen LogP contribution in [-0.2, 0) is 11.3 Å². The molecule has 0 spiro atoms. The Morgan fingerprint density at radius 2 is 2.00 bits per heavy atom. The van der Waals surface area contributed by atoms with Gasteiger partial charge < -0.3 is 10.6 Å². The summed E-state index contributed by atoms with van der Waals surface area (Å²) < 4.78 is 0. The summed E-state index contributed by atoms with van der Waals surface area (Å²) in [5.74, 6) is 0.0770. The number of nitrogens with two attached hydrogens (primary N) is 1. The highest BCUT2D eigenvalue weighted by molar-refractivity contribution is 5.81. The van der Waals surface area contributed by atoms with Crippen molar-refractivity contribution in [3.8, 4) is 0 Å². The van der Waals surface area contributed by atoms with Crippen LogP contribution < -0.4 is 5.73 Å². The average Bonchev–Trinajstić information content (AvgIpc) is 2.52. The molecule has 1 amide bonds. The van der Waals surface area contributed by atoms with E-state index in [1.165, 1.54) is 5.56 Å². The van der Waals surface area contributed by atoms with Gasteiger partial charge in [-0.05, 0) is 39.2 Å². The third-order valence-corrected chi connectivity index (χ3v) is 4.44. The Morgan fingerprint density at radius 1 is 1.32 bits per heavy atom. The van der Waals surface area contributed by atoms with Crippen LogP contribution in [-0.4, -0.2) is 46.9 Å². The van der Waals surface area contributed by atoms with Crippen molar-refractivity contribution in [3.63, 3.8) is 0 Å². The molecule has 1 aliphatic heterocycles. The molecule has 1 aromatic carbocycles. The van der Waals surface area contributed by atoms with Gasteiger partial charge in [-0.2, -0.15) is 0 Å². The molecule has 2 atom stereocenters. The van der Waals surface area contributed by atoms with E-state index in [4.69, 9.17) is 5.73 Å². The number of benzene rings is 1. The van der Waals surface area contributed by atoms with Gasteiger partial charge in [0.15, 0.2) is 0 Å². The zero-order valence-corrected chi connectivity index (χ0v) is 14.0. The molecule has 4 heteroatoms. The fourth-order valence-electron chi connectivity index (χ4n) is 3.24. The molecule has 1 aliphatic rings. The van der Waals surface area contributed by atoms with E-state index < -0.39 is 6.04 Å². The van der Waals surface area contributed by atoms with Gasteiger partial charge in [-0.3, -0.25) is 9.69 Å². The quantitative estimate of drug-likeness (QED) is 0.907. The summed E-state index contributed by atoms with van der Waals surface area (Å²) in [6.07, 6.45) is 2.20. The van der Waals surface area contributed by atoms with Crippen LogP contribution in [0.1, 0.15) is 39.2 Å². The number of carbonyl (C=O) groups excluding carboxylic acids is 1. The van der Waals surface area contributed by atoms with Gasteiger partial charge >= 0.3 is 0 Å². The van der Waals surface area contributed by atoms with Gasteiger partial charge in [0, 0.05) is 31.7 Å². The number of likely N-dealkylation sites (tertiary alicyclic amines) is 1. The predicted octanol–water partition coefficient (Wildman–Crippen LogP) is 2.24. The summed E-state index contributed by atoms with van der Waals surface area (Å²) in [6, 6.07) is 11.0. The third kappa shape index (κ3) is 4.31. The largest absolute Gasteiger partial charge is 0.340 e. The Balaban J connectivity index is 2.06. The van der Waals surface area contributed by atoms with E-state index in [2.05, 4.69) is 43.0 Å². The molecule has 22 heavy (non-hydrogen) atoms. The predicted molar refractivity (Wildman–Crippen MR) is 90.4 cm³/mol. The lowest BCUT2D eigenvalue weighted by molar-refractivity contribution is -0.134. The lowest BCUT2D eigenvalue weighted by Crippen LogP contribution is -2.54. The number of hydrogen-bond donors (Lipinski definition) is 1. The summed E-state index contributed by atoms with van der Waals surface area (Å²) in [7, 11) is 0. The molecule has 0 unspecified atom stereocenters. The monoisotopic (exact) mass is 303 g/mol. The minimum atomic E-state index is -0.402. The maximum Gasteiger partial charge on any atom is 0.239 e. The Labute approximate surface area is 134 Å². The molecule has 0 saturated carbocycles. The van der Waals surface area contributed by atoms with Crippen LogP contribution in [0.25, 0.3) is 0 Å². The number of piperidine rings is 1. The van der Waals surface area contributed by atoms with Gasteiger partial charge in [-0.1, -0.05) is 30.3 Å². The minimum absolute atomic E-state index is 0.0770. The van der Waals surface area contributed by atoms with Crippen molar-refractivity contribution in [1.29, 1.82) is 0 Å². The molecule has 0 bridgehead atoms. The SMILES string of the molecule is CC(C)N(Cc1ccccc1)[C@@H]1CCCN(C(=O)[C@H](C)N)C1. The maximum atomic E-state index is 12.2. The molecule has 122 valence electrons. The highest BCUT2D eigenvalue weighted by atomic mass is 16.2. The molecule has 4 nitrogen and oxygen atoms in total. The van der Waals surface area contributed by atoms with Crippen molar-refractivity contribution in [2.45, 2.75) is 58.3 Å². The number of rotatable bonds is 5. The molecule has 1 saturated heterocycles. The Bertz CT molecular complexity index is 472. The van der Waals surface area contributed by atoms with Crippen LogP contribution in [0.3, 0.4) is 0 Å². The second kappa shape index (κ2) is 7.75. The van der Waals surface area contributed by atoms with Gasteiger partial charge in [0.25, 0.3) is 0 Å². The molecule has 0 aliphatic carbocycles. The van der Waals surface area contributed by atoms with Crippen LogP contribution in [0.15, 0.2) is 30.3 Å². The Kier molecular flexibility index (Phi) is 5.98. The molecule has 0 radical (unpaired) electrons. The van der Waals surface area contributed by atoms with Crippen LogP contribution in [0.4, 0.5) is 0 Å². The van der Waals surface area contributed by atoms with Crippen molar-refractivity contribution in [2.24, 2.45) is 5.73 Å². The van der Waals surface area contributed by atoms with Crippen LogP contribution in [0.2, 0.25) is 0 Å². The lowest BCUT2D eigenvalue weighted by atomic mass is 10.0. The number of hydrogen-bond acceptors (Lipinski definition) is 3. The van der Waals surface area contributed by atoms with Crippen molar-refractivity contribution in [1.82, 2.24) is 9.80 Å². The molecule has 2 rings (SSSR count). The van der Waals surface area contributed by atoms with E-state index in [1.807, 2.05) is 11.0 Å². The third-order valence-electron chi connectivity index (χ3n) is 4.44. The molecule has 1 heterocycles. The van der Waals surface area contributed by atoms with Gasteiger partial charge in [0.1, 0.15) is 0 Å². The van der Waals surface area contributed by atoms with Gasteiger partial charge in [0.05, 0.1) is 6.04 Å². The summed E-state index contributed by atoms with van der Waals surface area (Å²) in [5, 5.41) is 0. The first-order valence-electron chi connectivity index (χ1n) is 8.33. The molecule has 2 N–H and O–H groups in total. The summed E-state index contributed by atoms with van der Waals surface area (Å²) in [6.45, 7) is 8.81. The van der Waals surface area contributed by atoms with Gasteiger partial charge in [0.2, 0.25) is 5.91 Å². The number of carbonyl (C=O) groups is 1. The topological polar surface area (TPSA) is 49.6 Å². The van der Waals surface area contributed by atoms with E-state index in [1.54, 1.807) is 6.92 Å². The maximum absolute atomic E-state index is 12.2. The highest BCUT2D eigenvalue weighted by Gasteiger charge is 2.30. The van der Waals surface area contributed by atoms with Crippen molar-refractivity contribution < 1.29 is 4.79 Å². The first-order chi connectivity index (χ1) is 10.5. The van der Waals surface area contributed by atoms with Crippen molar-refractivity contribution in [2.75, 3.05) is 13.1 Å². The standard InChI is InChI=1S/C18H29N3O/c1-14(2)21(12-16-8-5-4-6-9-16)17-10-7-11-20(13-17)18(22)15(3)19/h4-6,8-9,14-15,17H,7,10-13,19H2,1-3H3/t15-,17+/m0/s1. The van der Waals surface area contributed by atoms with Crippen molar-refractivity contribution in [3.05, 3.63) is 35.9 Å². The van der Waals surface area contributed by atoms with Crippen LogP contribution in [0.5, 0.6) is 0 Å². The number of nitrogens with zero attached hydrogens (tertiary/aromatic N) is 2. The van der Waals surface area contributed by atoms with E-state index >= 15 is 0 Å². The number of amides is 1. The van der Waals surface area contributed by atoms with E-state index in [0.717, 1.165) is 32.5 Å². The highest BCUT2D eigenvalue weighted by Crippen LogP contribution is 2.21. The van der Waals surface area contributed by atoms with E-state index in [0.29, 0.717) is 12.1 Å². The Hall–Kier alpha value is -1.39. The van der Waals surface area contributed by atoms with E-state index in [9.17, 15) is 4.79 Å². The van der Waals surface area contributed by atoms with Gasteiger partial charge in [-0.15, -0.1) is 0 Å². The molecule has 1 fully saturated rings. The Morgan fingerprint density at radius 3 is 2.59 bits per heavy atom. The van der Waals surface area contributed by atoms with Crippen LogP contribution in [0, 0.1) is 0 Å². The summed E-state index contributed by atoms with van der Waals surface area (Å²) >= 11 is 0. The van der Waals surface area contributed by atoms with Gasteiger partial charge in [-0.25, -0.2) is 0 Å². The molecular weight excluding hydrogens is 274 g/mol. The molecule has 1 aromatic rings. The zero-order valence-electron chi connectivity index (χ0n) is 14.0. The average molecular weight is 303 g/mol. The van der Waals surface area contributed by atoms with Crippen LogP contribution >= 0.6 is 0 Å².